The van der Waals surface area contributed by atoms with E-state index in [1.165, 1.54) is 0 Å². The highest BCUT2D eigenvalue weighted by molar-refractivity contribution is 7.90. The lowest BCUT2D eigenvalue weighted by Gasteiger charge is -2.32. The third-order valence-corrected chi connectivity index (χ3v) is 6.18. The summed E-state index contributed by atoms with van der Waals surface area (Å²) < 4.78 is 26.7. The summed E-state index contributed by atoms with van der Waals surface area (Å²) in [6, 6.07) is 11.2. The van der Waals surface area contributed by atoms with Gasteiger partial charge in [0.2, 0.25) is 0 Å². The minimum atomic E-state index is -4.16. The fourth-order valence-corrected chi connectivity index (χ4v) is 5.39. The Kier molecular flexibility index (Phi) is 3.79. The molecule has 0 aromatic heterocycles. The molecule has 1 unspecified atom stereocenters. The molecule has 0 saturated carbocycles. The van der Waals surface area contributed by atoms with Crippen LogP contribution >= 0.6 is 0 Å². The van der Waals surface area contributed by atoms with E-state index in [9.17, 15) is 18.3 Å². The number of carbonyl (C=O) groups is 1. The second kappa shape index (κ2) is 5.49. The highest BCUT2D eigenvalue weighted by Crippen LogP contribution is 2.51. The molecule has 0 fully saturated rings. The van der Waals surface area contributed by atoms with Crippen molar-refractivity contribution in [2.75, 3.05) is 5.73 Å². The molecule has 1 aliphatic heterocycles. The average molecular weight is 360 g/mol. The van der Waals surface area contributed by atoms with Gasteiger partial charge in [-0.25, -0.2) is 13.2 Å². The number of amides is 1. The largest absolute Gasteiger partial charge is 0.464 e. The predicted molar refractivity (Wildman–Crippen MR) is 95.5 cm³/mol. The molecule has 2 aromatic rings. The molecule has 6 nitrogen and oxygen atoms in total. The van der Waals surface area contributed by atoms with E-state index in [2.05, 4.69) is 0 Å². The van der Waals surface area contributed by atoms with Crippen molar-refractivity contribution in [2.24, 2.45) is 5.41 Å². The van der Waals surface area contributed by atoms with E-state index >= 15 is 0 Å². The van der Waals surface area contributed by atoms with Crippen molar-refractivity contribution in [1.82, 2.24) is 4.31 Å². The number of nitrogens with two attached hydrogens (primary N) is 1. The molecule has 0 aliphatic carbocycles. The van der Waals surface area contributed by atoms with Crippen molar-refractivity contribution in [3.63, 3.8) is 0 Å². The number of hydrogen-bond acceptors (Lipinski definition) is 4. The molecular weight excluding hydrogens is 340 g/mol. The van der Waals surface area contributed by atoms with Gasteiger partial charge in [-0.1, -0.05) is 51.1 Å². The first-order valence-corrected chi connectivity index (χ1v) is 9.25. The molecule has 1 atom stereocenters. The van der Waals surface area contributed by atoms with Gasteiger partial charge in [0.05, 0.1) is 6.04 Å². The van der Waals surface area contributed by atoms with E-state index in [0.717, 1.165) is 0 Å². The summed E-state index contributed by atoms with van der Waals surface area (Å²) in [6.07, 6.45) is -1.47. The van der Waals surface area contributed by atoms with Crippen LogP contribution in [0, 0.1) is 5.41 Å². The van der Waals surface area contributed by atoms with Gasteiger partial charge in [0, 0.05) is 11.3 Å². The van der Waals surface area contributed by atoms with Crippen LogP contribution in [0.2, 0.25) is 0 Å². The third kappa shape index (κ3) is 2.64. The van der Waals surface area contributed by atoms with Gasteiger partial charge in [-0.2, -0.15) is 4.31 Å². The molecule has 7 heteroatoms. The van der Waals surface area contributed by atoms with Gasteiger partial charge in [-0.05, 0) is 28.7 Å². The summed E-state index contributed by atoms with van der Waals surface area (Å²) >= 11 is 0. The molecule has 0 bridgehead atoms. The second-order valence-corrected chi connectivity index (χ2v) is 8.95. The van der Waals surface area contributed by atoms with Crippen LogP contribution in [-0.4, -0.2) is 23.9 Å². The predicted octanol–water partition coefficient (Wildman–Crippen LogP) is 3.71. The van der Waals surface area contributed by atoms with Crippen molar-refractivity contribution < 1.29 is 18.3 Å². The third-order valence-electron chi connectivity index (χ3n) is 4.32. The Bertz CT molecular complexity index is 944. The standard InChI is InChI=1S/C18H20N2O4S/c1-18(2,3)16-14-6-4-5-13(11-7-9-12(19)10-8-11)15(14)25(23,24)20(16)17(21)22/h4-10,16H,19H2,1-3H3,(H,21,22). The van der Waals surface area contributed by atoms with E-state index in [1.807, 2.05) is 20.8 Å². The van der Waals surface area contributed by atoms with Crippen LogP contribution in [-0.2, 0) is 10.0 Å². The average Bonchev–Trinajstić information content (AvgIpc) is 2.76. The lowest BCUT2D eigenvalue weighted by molar-refractivity contribution is 0.133. The van der Waals surface area contributed by atoms with Gasteiger partial charge in [0.1, 0.15) is 4.90 Å². The number of nitrogen functional groups attached to an aromatic ring is 1. The van der Waals surface area contributed by atoms with E-state index in [-0.39, 0.29) is 4.90 Å². The van der Waals surface area contributed by atoms with Crippen molar-refractivity contribution in [3.05, 3.63) is 48.0 Å². The van der Waals surface area contributed by atoms with Crippen LogP contribution in [0.3, 0.4) is 0 Å². The van der Waals surface area contributed by atoms with E-state index in [4.69, 9.17) is 5.73 Å². The summed E-state index contributed by atoms with van der Waals surface area (Å²) in [4.78, 5) is 11.8. The monoisotopic (exact) mass is 360 g/mol. The Balaban J connectivity index is 2.34. The summed E-state index contributed by atoms with van der Waals surface area (Å²) in [5, 5.41) is 9.58. The molecule has 0 saturated heterocycles. The SMILES string of the molecule is CC(C)(C)C1c2cccc(-c3ccc(N)cc3)c2S(=O)(=O)N1C(=O)O. The quantitative estimate of drug-likeness (QED) is 0.755. The lowest BCUT2D eigenvalue weighted by atomic mass is 9.81. The first-order chi connectivity index (χ1) is 11.5. The van der Waals surface area contributed by atoms with Crippen LogP contribution < -0.4 is 5.73 Å². The van der Waals surface area contributed by atoms with E-state index < -0.39 is 27.6 Å². The molecule has 3 N–H and O–H groups in total. The normalized spacial score (nSPS) is 18.8. The Hall–Kier alpha value is -2.54. The minimum Gasteiger partial charge on any atom is -0.464 e. The van der Waals surface area contributed by atoms with Gasteiger partial charge in [-0.3, -0.25) is 0 Å². The maximum absolute atomic E-state index is 13.1. The van der Waals surface area contributed by atoms with Crippen molar-refractivity contribution >= 4 is 21.8 Å². The molecule has 1 heterocycles. The number of rotatable bonds is 1. The topological polar surface area (TPSA) is 101 Å². The Morgan fingerprint density at radius 3 is 2.24 bits per heavy atom. The summed E-state index contributed by atoms with van der Waals surface area (Å²) in [5.41, 5.74) is 7.35. The minimum absolute atomic E-state index is 0.0575. The smallest absolute Gasteiger partial charge is 0.421 e. The number of carboxylic acid groups (broad SMARTS) is 1. The Morgan fingerprint density at radius 1 is 1.12 bits per heavy atom. The number of nitrogens with zero attached hydrogens (tertiary/aromatic N) is 1. The summed E-state index contributed by atoms with van der Waals surface area (Å²) in [6.45, 7) is 5.48. The molecule has 25 heavy (non-hydrogen) atoms. The zero-order chi connectivity index (χ0) is 18.6. The molecule has 0 spiro atoms. The van der Waals surface area contributed by atoms with Gasteiger partial charge in [0.25, 0.3) is 10.0 Å². The second-order valence-electron chi connectivity index (χ2n) is 7.20. The van der Waals surface area contributed by atoms with Gasteiger partial charge >= 0.3 is 6.09 Å². The molecular formula is C18H20N2O4S. The van der Waals surface area contributed by atoms with Crippen LogP contribution in [0.5, 0.6) is 0 Å². The maximum Gasteiger partial charge on any atom is 0.421 e. The van der Waals surface area contributed by atoms with Crippen LogP contribution in [0.4, 0.5) is 10.5 Å². The van der Waals surface area contributed by atoms with Gasteiger partial charge in [-0.15, -0.1) is 0 Å². The van der Waals surface area contributed by atoms with E-state index in [1.54, 1.807) is 42.5 Å². The number of hydrogen-bond donors (Lipinski definition) is 2. The molecule has 3 rings (SSSR count). The fraction of sp³-hybridized carbons (Fsp3) is 0.278. The molecule has 0 radical (unpaired) electrons. The zero-order valence-corrected chi connectivity index (χ0v) is 15.0. The van der Waals surface area contributed by atoms with E-state index in [0.29, 0.717) is 26.7 Å². The molecule has 1 aliphatic rings. The van der Waals surface area contributed by atoms with Gasteiger partial charge < -0.3 is 10.8 Å². The summed E-state index contributed by atoms with van der Waals surface area (Å²) in [7, 11) is -4.16. The Labute approximate surface area is 146 Å². The van der Waals surface area contributed by atoms with Crippen LogP contribution in [0.25, 0.3) is 11.1 Å². The van der Waals surface area contributed by atoms with Crippen molar-refractivity contribution in [3.8, 4) is 11.1 Å². The number of benzene rings is 2. The highest BCUT2D eigenvalue weighted by Gasteiger charge is 2.51. The zero-order valence-electron chi connectivity index (χ0n) is 14.2. The highest BCUT2D eigenvalue weighted by atomic mass is 32.2. The Morgan fingerprint density at radius 2 is 1.72 bits per heavy atom. The number of sulfonamides is 1. The van der Waals surface area contributed by atoms with Gasteiger partial charge in [0.15, 0.2) is 0 Å². The van der Waals surface area contributed by atoms with Crippen LogP contribution in [0.15, 0.2) is 47.4 Å². The first-order valence-electron chi connectivity index (χ1n) is 7.81. The first kappa shape index (κ1) is 17.3. The molecule has 132 valence electrons. The molecule has 1 amide bonds. The summed E-state index contributed by atoms with van der Waals surface area (Å²) in [5.74, 6) is 0. The number of fused-ring (bicyclic) bond motifs is 1. The number of anilines is 1. The van der Waals surface area contributed by atoms with Crippen molar-refractivity contribution in [2.45, 2.75) is 31.7 Å². The van der Waals surface area contributed by atoms with Crippen LogP contribution in [0.1, 0.15) is 32.4 Å². The molecule has 2 aromatic carbocycles. The fourth-order valence-electron chi connectivity index (χ4n) is 3.34. The van der Waals surface area contributed by atoms with Crippen molar-refractivity contribution in [1.29, 1.82) is 0 Å². The maximum atomic E-state index is 13.1. The lowest BCUT2D eigenvalue weighted by Crippen LogP contribution is -2.39.